The number of rotatable bonds is 5. The summed E-state index contributed by atoms with van der Waals surface area (Å²) in [6.07, 6.45) is 5.07. The zero-order chi connectivity index (χ0) is 16.5. The van der Waals surface area contributed by atoms with Crippen molar-refractivity contribution in [2.45, 2.75) is 36.9 Å². The van der Waals surface area contributed by atoms with E-state index in [9.17, 15) is 4.79 Å². The number of nitrogens with one attached hydrogen (secondary N) is 2. The zero-order valence-corrected chi connectivity index (χ0v) is 14.7. The number of fused-ring (bicyclic) bond motifs is 2. The molecule has 2 aliphatic carbocycles. The van der Waals surface area contributed by atoms with Crippen LogP contribution in [0.3, 0.4) is 0 Å². The highest BCUT2D eigenvalue weighted by atomic mass is 35.5. The van der Waals surface area contributed by atoms with Crippen molar-refractivity contribution in [3.63, 3.8) is 0 Å². The lowest BCUT2D eigenvalue weighted by molar-refractivity contribution is -0.119. The fraction of sp³-hybridized carbons (Fsp3) is 0.471. The number of halogens is 1. The molecule has 1 aromatic carbocycles. The minimum absolute atomic E-state index is 0.0791. The first-order valence-electron chi connectivity index (χ1n) is 8.28. The Bertz CT molecular complexity index is 732. The molecule has 1 aromatic heterocycles. The fourth-order valence-electron chi connectivity index (χ4n) is 3.85. The van der Waals surface area contributed by atoms with Crippen LogP contribution in [0.2, 0.25) is 5.02 Å². The van der Waals surface area contributed by atoms with Crippen LogP contribution in [-0.2, 0) is 4.79 Å². The van der Waals surface area contributed by atoms with Crippen LogP contribution in [0.1, 0.15) is 25.7 Å². The molecule has 24 heavy (non-hydrogen) atoms. The number of hydrogen-bond acceptors (Lipinski definition) is 4. The van der Waals surface area contributed by atoms with Crippen molar-refractivity contribution in [2.75, 3.05) is 5.75 Å². The number of thioether (sulfide) groups is 1. The molecule has 2 saturated carbocycles. The second kappa shape index (κ2) is 6.76. The number of benzene rings is 1. The highest BCUT2D eigenvalue weighted by molar-refractivity contribution is 7.99. The molecule has 3 atom stereocenters. The van der Waals surface area contributed by atoms with E-state index in [2.05, 4.69) is 20.5 Å². The van der Waals surface area contributed by atoms with E-state index in [0.717, 1.165) is 17.9 Å². The van der Waals surface area contributed by atoms with E-state index in [1.165, 1.54) is 31.0 Å². The standard InChI is InChI=1S/C17H19ClN4OS/c18-13-5-3-11(4-6-13)16-20-17(22-21-16)24-9-15(23)19-14-8-10-1-2-12(14)7-10/h3-6,10,12,14H,1-2,7-9H2,(H,19,23)(H,20,21,22)/t10-,12-,14+/m0/s1. The number of carbonyl (C=O) groups is 1. The van der Waals surface area contributed by atoms with Gasteiger partial charge in [0.1, 0.15) is 0 Å². The molecule has 0 radical (unpaired) electrons. The number of amides is 1. The van der Waals surface area contributed by atoms with Gasteiger partial charge < -0.3 is 5.32 Å². The van der Waals surface area contributed by atoms with Gasteiger partial charge in [0.25, 0.3) is 0 Å². The maximum atomic E-state index is 12.2. The second-order valence-electron chi connectivity index (χ2n) is 6.61. The molecule has 0 aliphatic heterocycles. The van der Waals surface area contributed by atoms with Crippen LogP contribution in [-0.4, -0.2) is 32.9 Å². The summed E-state index contributed by atoms with van der Waals surface area (Å²) >= 11 is 7.25. The van der Waals surface area contributed by atoms with Gasteiger partial charge in [-0.3, -0.25) is 9.89 Å². The van der Waals surface area contributed by atoms with Crippen LogP contribution >= 0.6 is 23.4 Å². The minimum atomic E-state index is 0.0791. The van der Waals surface area contributed by atoms with Crippen LogP contribution in [0.5, 0.6) is 0 Å². The smallest absolute Gasteiger partial charge is 0.230 e. The third-order valence-corrected chi connectivity index (χ3v) is 6.10. The summed E-state index contributed by atoms with van der Waals surface area (Å²) in [5.41, 5.74) is 0.921. The molecule has 1 heterocycles. The van der Waals surface area contributed by atoms with Crippen molar-refractivity contribution >= 4 is 29.3 Å². The topological polar surface area (TPSA) is 70.7 Å². The van der Waals surface area contributed by atoms with Crippen molar-refractivity contribution < 1.29 is 4.79 Å². The third kappa shape index (κ3) is 3.44. The molecular formula is C17H19ClN4OS. The maximum Gasteiger partial charge on any atom is 0.230 e. The van der Waals surface area contributed by atoms with E-state index in [0.29, 0.717) is 33.7 Å². The van der Waals surface area contributed by atoms with E-state index < -0.39 is 0 Å². The van der Waals surface area contributed by atoms with Crippen LogP contribution in [0.25, 0.3) is 11.4 Å². The molecular weight excluding hydrogens is 344 g/mol. The van der Waals surface area contributed by atoms with E-state index in [-0.39, 0.29) is 5.91 Å². The van der Waals surface area contributed by atoms with Crippen LogP contribution in [0.15, 0.2) is 29.4 Å². The lowest BCUT2D eigenvalue weighted by Crippen LogP contribution is -2.39. The Balaban J connectivity index is 1.30. The molecule has 0 saturated heterocycles. The van der Waals surface area contributed by atoms with Gasteiger partial charge in [0.2, 0.25) is 11.1 Å². The van der Waals surface area contributed by atoms with E-state index in [1.807, 2.05) is 24.3 Å². The third-order valence-electron chi connectivity index (χ3n) is 5.00. The van der Waals surface area contributed by atoms with Gasteiger partial charge in [-0.15, -0.1) is 5.10 Å². The lowest BCUT2D eigenvalue weighted by Gasteiger charge is -2.22. The van der Waals surface area contributed by atoms with Crippen LogP contribution in [0.4, 0.5) is 0 Å². The number of nitrogens with zero attached hydrogens (tertiary/aromatic N) is 2. The average Bonchev–Trinajstić information content (AvgIpc) is 3.30. The molecule has 2 fully saturated rings. The van der Waals surface area contributed by atoms with Gasteiger partial charge in [-0.1, -0.05) is 29.8 Å². The summed E-state index contributed by atoms with van der Waals surface area (Å²) in [5.74, 6) is 2.65. The number of aromatic nitrogens is 3. The predicted molar refractivity (Wildman–Crippen MR) is 94.9 cm³/mol. The van der Waals surface area contributed by atoms with Crippen molar-refractivity contribution in [2.24, 2.45) is 11.8 Å². The summed E-state index contributed by atoms with van der Waals surface area (Å²) in [6.45, 7) is 0. The Morgan fingerprint density at radius 2 is 2.12 bits per heavy atom. The number of aromatic amines is 1. The molecule has 5 nitrogen and oxygen atoms in total. The molecule has 2 bridgehead atoms. The van der Waals surface area contributed by atoms with Gasteiger partial charge in [0.05, 0.1) is 5.75 Å². The quantitative estimate of drug-likeness (QED) is 0.798. The zero-order valence-electron chi connectivity index (χ0n) is 13.2. The number of carbonyl (C=O) groups excluding carboxylic acids is 1. The van der Waals surface area contributed by atoms with E-state index >= 15 is 0 Å². The predicted octanol–water partition coefficient (Wildman–Crippen LogP) is 3.52. The first kappa shape index (κ1) is 16.0. The molecule has 1 amide bonds. The molecule has 2 N–H and O–H groups in total. The van der Waals surface area contributed by atoms with Gasteiger partial charge >= 0.3 is 0 Å². The molecule has 7 heteroatoms. The highest BCUT2D eigenvalue weighted by Crippen LogP contribution is 2.44. The summed E-state index contributed by atoms with van der Waals surface area (Å²) in [7, 11) is 0. The van der Waals surface area contributed by atoms with Crippen LogP contribution < -0.4 is 5.32 Å². The fourth-order valence-corrected chi connectivity index (χ4v) is 4.58. The molecule has 4 rings (SSSR count). The van der Waals surface area contributed by atoms with Crippen molar-refractivity contribution in [3.05, 3.63) is 29.3 Å². The first-order valence-corrected chi connectivity index (χ1v) is 9.64. The lowest BCUT2D eigenvalue weighted by atomic mass is 9.95. The van der Waals surface area contributed by atoms with E-state index in [4.69, 9.17) is 11.6 Å². The Labute approximate surface area is 150 Å². The first-order chi connectivity index (χ1) is 11.7. The SMILES string of the molecule is O=C(CSc1n[nH]c(-c2ccc(Cl)cc2)n1)N[C@@H]1C[C@H]2CC[C@H]1C2. The molecule has 126 valence electrons. The van der Waals surface area contributed by atoms with Gasteiger partial charge in [-0.2, -0.15) is 0 Å². The van der Waals surface area contributed by atoms with Crippen molar-refractivity contribution in [1.82, 2.24) is 20.5 Å². The number of H-pyrrole nitrogens is 1. The van der Waals surface area contributed by atoms with Gasteiger partial charge in [-0.25, -0.2) is 4.98 Å². The summed E-state index contributed by atoms with van der Waals surface area (Å²) in [6, 6.07) is 7.79. The average molecular weight is 363 g/mol. The Hall–Kier alpha value is -1.53. The molecule has 2 aliphatic rings. The van der Waals surface area contributed by atoms with Crippen molar-refractivity contribution in [1.29, 1.82) is 0 Å². The largest absolute Gasteiger partial charge is 0.352 e. The normalized spacial score (nSPS) is 25.1. The Kier molecular flexibility index (Phi) is 4.50. The van der Waals surface area contributed by atoms with Gasteiger partial charge in [0, 0.05) is 16.6 Å². The monoisotopic (exact) mass is 362 g/mol. The Morgan fingerprint density at radius 1 is 1.29 bits per heavy atom. The maximum absolute atomic E-state index is 12.2. The molecule has 0 unspecified atom stereocenters. The number of hydrogen-bond donors (Lipinski definition) is 2. The highest BCUT2D eigenvalue weighted by Gasteiger charge is 2.39. The van der Waals surface area contributed by atoms with Gasteiger partial charge in [-0.05, 0) is 55.4 Å². The van der Waals surface area contributed by atoms with Crippen molar-refractivity contribution in [3.8, 4) is 11.4 Å². The summed E-state index contributed by atoms with van der Waals surface area (Å²) in [4.78, 5) is 16.6. The Morgan fingerprint density at radius 3 is 2.83 bits per heavy atom. The molecule has 0 spiro atoms. The summed E-state index contributed by atoms with van der Waals surface area (Å²) < 4.78 is 0. The molecule has 2 aromatic rings. The minimum Gasteiger partial charge on any atom is -0.352 e. The van der Waals surface area contributed by atoms with Gasteiger partial charge in [0.15, 0.2) is 5.82 Å². The van der Waals surface area contributed by atoms with E-state index in [1.54, 1.807) is 0 Å². The van der Waals surface area contributed by atoms with Crippen LogP contribution in [0, 0.1) is 11.8 Å². The second-order valence-corrected chi connectivity index (χ2v) is 7.99. The summed E-state index contributed by atoms with van der Waals surface area (Å²) in [5, 5.41) is 11.5.